The van der Waals surface area contributed by atoms with Gasteiger partial charge in [-0.05, 0) is 44.2 Å². The summed E-state index contributed by atoms with van der Waals surface area (Å²) >= 11 is 0. The Bertz CT molecular complexity index is 1060. The van der Waals surface area contributed by atoms with Gasteiger partial charge in [-0.15, -0.1) is 0 Å². The summed E-state index contributed by atoms with van der Waals surface area (Å²) in [6.07, 6.45) is 7.71. The molecular formula is C26H34N6O. The summed E-state index contributed by atoms with van der Waals surface area (Å²) in [5.41, 5.74) is 3.99. The third kappa shape index (κ3) is 5.02. The molecule has 2 aliphatic rings. The van der Waals surface area contributed by atoms with E-state index in [-0.39, 0.29) is 11.9 Å². The number of benzene rings is 1. The molecule has 3 atom stereocenters. The summed E-state index contributed by atoms with van der Waals surface area (Å²) in [7, 11) is 1.89. The Labute approximate surface area is 196 Å². The number of anilines is 3. The van der Waals surface area contributed by atoms with Crippen LogP contribution in [0.1, 0.15) is 44.4 Å². The van der Waals surface area contributed by atoms with Crippen LogP contribution in [0.15, 0.2) is 54.3 Å². The number of hydrogen-bond donors (Lipinski definition) is 2. The molecule has 2 N–H and O–H groups in total. The fourth-order valence-corrected chi connectivity index (χ4v) is 4.28. The van der Waals surface area contributed by atoms with Crippen molar-refractivity contribution in [3.05, 3.63) is 65.5 Å². The molecule has 0 aliphatic carbocycles. The smallest absolute Gasteiger partial charge is 0.246 e. The highest BCUT2D eigenvalue weighted by Gasteiger charge is 2.30. The van der Waals surface area contributed by atoms with E-state index in [1.165, 1.54) is 11.1 Å². The normalized spacial score (nSPS) is 21.1. The minimum atomic E-state index is -0.270. The standard InChI is InChI=1S/C26H34N6O/c1-17(22-12-7-6-8-13-22)15-32-16-21(11-9-10-18(32)2)14-27-26-28-19(3)23-24(30-26)31(5)20(4)25(33)29-23/h6-9,11-13,16-18,20H,10,14-15H2,1-5H3,(H,29,33)(H,27,28,30)/t17-,18?,20+/m1/s1. The first-order valence-electron chi connectivity index (χ1n) is 11.7. The van der Waals surface area contributed by atoms with E-state index < -0.39 is 0 Å². The average molecular weight is 447 g/mol. The molecule has 1 aromatic carbocycles. The maximum Gasteiger partial charge on any atom is 0.246 e. The molecule has 1 aromatic heterocycles. The maximum absolute atomic E-state index is 12.1. The highest BCUT2D eigenvalue weighted by Crippen LogP contribution is 2.32. The van der Waals surface area contributed by atoms with Crippen molar-refractivity contribution in [2.24, 2.45) is 0 Å². The highest BCUT2D eigenvalue weighted by molar-refractivity contribution is 6.03. The van der Waals surface area contributed by atoms with Crippen molar-refractivity contribution >= 4 is 23.4 Å². The first-order valence-corrected chi connectivity index (χ1v) is 11.7. The Morgan fingerprint density at radius 2 is 1.97 bits per heavy atom. The Hall–Kier alpha value is -3.35. The molecule has 0 fully saturated rings. The maximum atomic E-state index is 12.1. The van der Waals surface area contributed by atoms with Gasteiger partial charge in [-0.2, -0.15) is 4.98 Å². The predicted molar refractivity (Wildman–Crippen MR) is 135 cm³/mol. The summed E-state index contributed by atoms with van der Waals surface area (Å²) in [5, 5.41) is 6.32. The summed E-state index contributed by atoms with van der Waals surface area (Å²) in [5.74, 6) is 1.72. The third-order valence-electron chi connectivity index (χ3n) is 6.62. The molecular weight excluding hydrogens is 412 g/mol. The van der Waals surface area contributed by atoms with E-state index in [0.717, 1.165) is 24.5 Å². The second-order valence-electron chi connectivity index (χ2n) is 9.16. The predicted octanol–water partition coefficient (Wildman–Crippen LogP) is 4.31. The molecule has 7 nitrogen and oxygen atoms in total. The third-order valence-corrected chi connectivity index (χ3v) is 6.62. The monoisotopic (exact) mass is 446 g/mol. The second kappa shape index (κ2) is 9.65. The number of carbonyl (C=O) groups excluding carboxylic acids is 1. The second-order valence-corrected chi connectivity index (χ2v) is 9.16. The summed E-state index contributed by atoms with van der Waals surface area (Å²) in [6.45, 7) is 9.92. The fraction of sp³-hybridized carbons (Fsp3) is 0.423. The van der Waals surface area contributed by atoms with Gasteiger partial charge in [0, 0.05) is 32.4 Å². The van der Waals surface area contributed by atoms with Crippen molar-refractivity contribution < 1.29 is 4.79 Å². The van der Waals surface area contributed by atoms with E-state index in [9.17, 15) is 4.79 Å². The first-order chi connectivity index (χ1) is 15.8. The number of aryl methyl sites for hydroxylation is 1. The van der Waals surface area contributed by atoms with Gasteiger partial charge in [0.2, 0.25) is 11.9 Å². The molecule has 0 bridgehead atoms. The van der Waals surface area contributed by atoms with Crippen LogP contribution in [0.2, 0.25) is 0 Å². The number of nitrogens with zero attached hydrogens (tertiary/aromatic N) is 4. The van der Waals surface area contributed by atoms with Crippen molar-refractivity contribution in [2.75, 3.05) is 35.7 Å². The quantitative estimate of drug-likeness (QED) is 0.689. The van der Waals surface area contributed by atoms with E-state index in [2.05, 4.69) is 83.0 Å². The van der Waals surface area contributed by atoms with Crippen molar-refractivity contribution in [1.29, 1.82) is 0 Å². The number of amides is 1. The van der Waals surface area contributed by atoms with Crippen molar-refractivity contribution in [3.63, 3.8) is 0 Å². The number of nitrogens with one attached hydrogen (secondary N) is 2. The minimum Gasteiger partial charge on any atom is -0.373 e. The Kier molecular flexibility index (Phi) is 6.67. The Morgan fingerprint density at radius 1 is 1.21 bits per heavy atom. The minimum absolute atomic E-state index is 0.0369. The number of likely N-dealkylation sites (N-methyl/N-ethyl adjacent to an activating group) is 1. The van der Waals surface area contributed by atoms with E-state index in [0.29, 0.717) is 30.1 Å². The molecule has 174 valence electrons. The van der Waals surface area contributed by atoms with Crippen LogP contribution >= 0.6 is 0 Å². The molecule has 1 amide bonds. The summed E-state index contributed by atoms with van der Waals surface area (Å²) in [6, 6.07) is 10.8. The number of carbonyl (C=O) groups is 1. The van der Waals surface area contributed by atoms with Gasteiger partial charge in [0.05, 0.1) is 5.69 Å². The lowest BCUT2D eigenvalue weighted by atomic mass is 10.00. The lowest BCUT2D eigenvalue weighted by Gasteiger charge is -2.32. The van der Waals surface area contributed by atoms with Crippen LogP contribution in [-0.4, -0.2) is 53.0 Å². The van der Waals surface area contributed by atoms with Gasteiger partial charge in [0.1, 0.15) is 11.7 Å². The molecule has 4 rings (SSSR count). The topological polar surface area (TPSA) is 73.4 Å². The highest BCUT2D eigenvalue weighted by atomic mass is 16.2. The van der Waals surface area contributed by atoms with Crippen LogP contribution < -0.4 is 15.5 Å². The molecule has 1 unspecified atom stereocenters. The Balaban J connectivity index is 1.48. The number of rotatable bonds is 6. The number of fused-ring (bicyclic) bond motifs is 1. The van der Waals surface area contributed by atoms with Crippen LogP contribution in [0.4, 0.5) is 17.5 Å². The van der Waals surface area contributed by atoms with Crippen molar-refractivity contribution in [1.82, 2.24) is 14.9 Å². The molecule has 33 heavy (non-hydrogen) atoms. The SMILES string of the molecule is Cc1nc(NCC2=CN(C[C@@H](C)c3ccccc3)C(C)CC=C2)nc2c1NC(=O)[C@H](C)N2C. The number of hydrogen-bond acceptors (Lipinski definition) is 6. The van der Waals surface area contributed by atoms with Crippen LogP contribution in [0.3, 0.4) is 0 Å². The van der Waals surface area contributed by atoms with Gasteiger partial charge < -0.3 is 20.4 Å². The lowest BCUT2D eigenvalue weighted by molar-refractivity contribution is -0.117. The van der Waals surface area contributed by atoms with Crippen LogP contribution in [0, 0.1) is 6.92 Å². The van der Waals surface area contributed by atoms with Gasteiger partial charge in [-0.1, -0.05) is 49.4 Å². The summed E-state index contributed by atoms with van der Waals surface area (Å²) in [4.78, 5) is 25.8. The van der Waals surface area contributed by atoms with Crippen LogP contribution in [0.5, 0.6) is 0 Å². The lowest BCUT2D eigenvalue weighted by Crippen LogP contribution is -2.44. The van der Waals surface area contributed by atoms with Gasteiger partial charge >= 0.3 is 0 Å². The average Bonchev–Trinajstić information content (AvgIpc) is 2.98. The van der Waals surface area contributed by atoms with Crippen LogP contribution in [-0.2, 0) is 4.79 Å². The van der Waals surface area contributed by atoms with Gasteiger partial charge in [0.25, 0.3) is 0 Å². The largest absolute Gasteiger partial charge is 0.373 e. The zero-order valence-electron chi connectivity index (χ0n) is 20.2. The molecule has 0 spiro atoms. The molecule has 0 radical (unpaired) electrons. The Morgan fingerprint density at radius 3 is 2.73 bits per heavy atom. The zero-order valence-corrected chi connectivity index (χ0v) is 20.2. The molecule has 0 saturated heterocycles. The van der Waals surface area contributed by atoms with E-state index in [1.807, 2.05) is 25.8 Å². The summed E-state index contributed by atoms with van der Waals surface area (Å²) < 4.78 is 0. The van der Waals surface area contributed by atoms with Crippen LogP contribution in [0.25, 0.3) is 0 Å². The molecule has 0 saturated carbocycles. The van der Waals surface area contributed by atoms with Gasteiger partial charge in [-0.3, -0.25) is 4.79 Å². The molecule has 2 aromatic rings. The molecule has 7 heteroatoms. The van der Waals surface area contributed by atoms with Gasteiger partial charge in [0.15, 0.2) is 5.82 Å². The van der Waals surface area contributed by atoms with Crippen molar-refractivity contribution in [2.45, 2.75) is 52.1 Å². The van der Waals surface area contributed by atoms with Gasteiger partial charge in [-0.25, -0.2) is 4.98 Å². The van der Waals surface area contributed by atoms with Crippen molar-refractivity contribution in [3.8, 4) is 0 Å². The first kappa shape index (κ1) is 22.8. The van der Waals surface area contributed by atoms with E-state index >= 15 is 0 Å². The van der Waals surface area contributed by atoms with E-state index in [1.54, 1.807) is 0 Å². The molecule has 2 aliphatic heterocycles. The fourth-order valence-electron chi connectivity index (χ4n) is 4.28. The number of aromatic nitrogens is 2. The zero-order chi connectivity index (χ0) is 23.5. The van der Waals surface area contributed by atoms with E-state index in [4.69, 9.17) is 4.98 Å². The molecule has 3 heterocycles.